The molecule has 0 aromatic carbocycles. The number of fused-ring (bicyclic) bond motifs is 1. The summed E-state index contributed by atoms with van der Waals surface area (Å²) in [5.74, 6) is 3.81. The van der Waals surface area contributed by atoms with Crippen molar-refractivity contribution < 1.29 is 4.79 Å². The van der Waals surface area contributed by atoms with E-state index in [4.69, 9.17) is 0 Å². The number of rotatable bonds is 4. The number of anilines is 1. The van der Waals surface area contributed by atoms with Gasteiger partial charge >= 0.3 is 0 Å². The smallest absolute Gasteiger partial charge is 0.225 e. The number of carbonyl (C=O) groups is 1. The highest BCUT2D eigenvalue weighted by molar-refractivity contribution is 5.77. The highest BCUT2D eigenvalue weighted by Gasteiger charge is 2.43. The maximum absolute atomic E-state index is 13.0. The molecule has 2 saturated carbocycles. The van der Waals surface area contributed by atoms with Crippen LogP contribution < -0.4 is 4.90 Å². The monoisotopic (exact) mass is 369 g/mol. The maximum atomic E-state index is 13.0. The lowest BCUT2D eigenvalue weighted by Crippen LogP contribution is -2.48. The second-order valence-corrected chi connectivity index (χ2v) is 9.10. The van der Waals surface area contributed by atoms with Crippen molar-refractivity contribution in [3.63, 3.8) is 0 Å². The van der Waals surface area contributed by atoms with Crippen molar-refractivity contribution in [2.45, 2.75) is 44.6 Å². The number of nitrogens with zero attached hydrogens (tertiary/aromatic N) is 5. The normalized spacial score (nSPS) is 33.3. The van der Waals surface area contributed by atoms with E-state index in [1.165, 1.54) is 32.1 Å². The van der Waals surface area contributed by atoms with E-state index >= 15 is 0 Å². The predicted octanol–water partition coefficient (Wildman–Crippen LogP) is 2.03. The zero-order valence-corrected chi connectivity index (χ0v) is 16.2. The average Bonchev–Trinajstić information content (AvgIpc) is 2.90. The molecule has 4 bridgehead atoms. The van der Waals surface area contributed by atoms with E-state index < -0.39 is 0 Å². The molecule has 1 amide bonds. The minimum Gasteiger partial charge on any atom is -0.339 e. The maximum Gasteiger partial charge on any atom is 0.225 e. The van der Waals surface area contributed by atoms with Gasteiger partial charge in [0.05, 0.1) is 0 Å². The molecule has 0 spiro atoms. The van der Waals surface area contributed by atoms with Crippen LogP contribution in [0.5, 0.6) is 0 Å². The number of amides is 1. The summed E-state index contributed by atoms with van der Waals surface area (Å²) in [4.78, 5) is 28.7. The fraction of sp³-hybridized carbons (Fsp3) is 0.762. The molecule has 0 N–H and O–H groups in total. The van der Waals surface area contributed by atoms with Gasteiger partial charge in [-0.3, -0.25) is 9.69 Å². The van der Waals surface area contributed by atoms with Crippen molar-refractivity contribution in [2.75, 3.05) is 44.2 Å². The van der Waals surface area contributed by atoms with Crippen molar-refractivity contribution in [3.8, 4) is 0 Å². The van der Waals surface area contributed by atoms with E-state index in [0.29, 0.717) is 18.4 Å². The van der Waals surface area contributed by atoms with Gasteiger partial charge in [0.2, 0.25) is 11.9 Å². The Morgan fingerprint density at radius 3 is 2.30 bits per heavy atom. The van der Waals surface area contributed by atoms with Crippen molar-refractivity contribution in [1.29, 1.82) is 0 Å². The van der Waals surface area contributed by atoms with Crippen LogP contribution in [0.3, 0.4) is 0 Å². The lowest BCUT2D eigenvalue weighted by Gasteiger charge is -2.39. The molecule has 5 fully saturated rings. The molecule has 6 heteroatoms. The lowest BCUT2D eigenvalue weighted by atomic mass is 9.68. The minimum absolute atomic E-state index is 0.405. The molecular weight excluding hydrogens is 338 g/mol. The summed E-state index contributed by atoms with van der Waals surface area (Å²) in [6.45, 7) is 5.79. The summed E-state index contributed by atoms with van der Waals surface area (Å²) in [7, 11) is 0. The van der Waals surface area contributed by atoms with Gasteiger partial charge in [0, 0.05) is 64.1 Å². The van der Waals surface area contributed by atoms with Gasteiger partial charge in [0.15, 0.2) is 0 Å². The molecule has 4 heterocycles. The molecule has 5 aliphatic rings. The van der Waals surface area contributed by atoms with Gasteiger partial charge in [-0.25, -0.2) is 9.97 Å². The number of aromatic nitrogens is 2. The number of hydrogen-bond donors (Lipinski definition) is 0. The van der Waals surface area contributed by atoms with Crippen LogP contribution in [-0.2, 0) is 4.79 Å². The van der Waals surface area contributed by atoms with Crippen LogP contribution >= 0.6 is 0 Å². The summed E-state index contributed by atoms with van der Waals surface area (Å²) in [5, 5.41) is 0. The van der Waals surface area contributed by atoms with Crippen LogP contribution in [0, 0.1) is 17.8 Å². The highest BCUT2D eigenvalue weighted by atomic mass is 16.2. The van der Waals surface area contributed by atoms with Gasteiger partial charge < -0.3 is 9.80 Å². The van der Waals surface area contributed by atoms with Gasteiger partial charge in [-0.05, 0) is 55.9 Å². The van der Waals surface area contributed by atoms with Crippen LogP contribution in [0.15, 0.2) is 18.5 Å². The van der Waals surface area contributed by atoms with E-state index in [9.17, 15) is 4.79 Å². The summed E-state index contributed by atoms with van der Waals surface area (Å²) >= 11 is 0. The Hall–Kier alpha value is -1.69. The third kappa shape index (κ3) is 3.68. The zero-order valence-electron chi connectivity index (χ0n) is 16.2. The van der Waals surface area contributed by atoms with Gasteiger partial charge in [0.1, 0.15) is 0 Å². The summed E-state index contributed by atoms with van der Waals surface area (Å²) in [5.41, 5.74) is 0. The standard InChI is InChI=1S/C21H31N5O/c27-20(26-15-18-11-16-10-17(12-18)14-19(26)13-16)2-5-24-6-8-25(9-7-24)21-22-3-1-4-23-21/h1,3-4,16-19H,2,5-15H2. The molecule has 6 nitrogen and oxygen atoms in total. The first kappa shape index (κ1) is 17.4. The molecule has 3 saturated heterocycles. The van der Waals surface area contributed by atoms with Crippen molar-refractivity contribution >= 4 is 11.9 Å². The number of carbonyl (C=O) groups excluding carboxylic acids is 1. The van der Waals surface area contributed by atoms with Crippen LogP contribution in [0.4, 0.5) is 5.95 Å². The van der Waals surface area contributed by atoms with E-state index in [2.05, 4.69) is 24.7 Å². The highest BCUT2D eigenvalue weighted by Crippen LogP contribution is 2.47. The summed E-state index contributed by atoms with van der Waals surface area (Å²) in [6, 6.07) is 2.40. The van der Waals surface area contributed by atoms with Gasteiger partial charge in [-0.15, -0.1) is 0 Å². The largest absolute Gasteiger partial charge is 0.339 e. The Balaban J connectivity index is 1.12. The van der Waals surface area contributed by atoms with E-state index in [0.717, 1.165) is 63.0 Å². The zero-order chi connectivity index (χ0) is 18.2. The molecule has 1 aromatic rings. The SMILES string of the molecule is O=C(CCN1CCN(c2ncccn2)CC1)N1CC2CC3CC(C2)CC1C3. The Kier molecular flexibility index (Phi) is 4.76. The fourth-order valence-electron chi connectivity index (χ4n) is 6.11. The topological polar surface area (TPSA) is 52.6 Å². The molecule has 1 aromatic heterocycles. The van der Waals surface area contributed by atoms with E-state index in [-0.39, 0.29) is 0 Å². The summed E-state index contributed by atoms with van der Waals surface area (Å²) < 4.78 is 0. The molecule has 2 aliphatic carbocycles. The number of hydrogen-bond acceptors (Lipinski definition) is 5. The van der Waals surface area contributed by atoms with Crippen molar-refractivity contribution in [1.82, 2.24) is 19.8 Å². The Morgan fingerprint density at radius 1 is 0.926 bits per heavy atom. The molecule has 6 rings (SSSR count). The second kappa shape index (κ2) is 7.38. The average molecular weight is 370 g/mol. The molecular formula is C21H31N5O. The first-order valence-electron chi connectivity index (χ1n) is 10.8. The van der Waals surface area contributed by atoms with Crippen molar-refractivity contribution in [3.05, 3.63) is 18.5 Å². The van der Waals surface area contributed by atoms with Gasteiger partial charge in [-0.1, -0.05) is 0 Å². The van der Waals surface area contributed by atoms with Crippen LogP contribution in [0.1, 0.15) is 38.5 Å². The fourth-order valence-corrected chi connectivity index (χ4v) is 6.11. The van der Waals surface area contributed by atoms with Gasteiger partial charge in [-0.2, -0.15) is 0 Å². The molecule has 2 unspecified atom stereocenters. The van der Waals surface area contributed by atoms with Crippen LogP contribution in [-0.4, -0.2) is 71.0 Å². The van der Waals surface area contributed by atoms with E-state index in [1.54, 1.807) is 12.4 Å². The third-order valence-corrected chi connectivity index (χ3v) is 7.28. The Bertz CT molecular complexity index is 646. The Labute approximate surface area is 161 Å². The lowest BCUT2D eigenvalue weighted by molar-refractivity contribution is -0.134. The molecule has 3 aliphatic heterocycles. The van der Waals surface area contributed by atoms with Crippen LogP contribution in [0.25, 0.3) is 0 Å². The molecule has 2 atom stereocenters. The predicted molar refractivity (Wildman–Crippen MR) is 104 cm³/mol. The number of piperazine rings is 1. The van der Waals surface area contributed by atoms with Gasteiger partial charge in [0.25, 0.3) is 0 Å². The molecule has 146 valence electrons. The Morgan fingerprint density at radius 2 is 1.59 bits per heavy atom. The van der Waals surface area contributed by atoms with E-state index in [1.807, 2.05) is 6.07 Å². The molecule has 0 radical (unpaired) electrons. The first-order valence-corrected chi connectivity index (χ1v) is 10.8. The minimum atomic E-state index is 0.405. The molecule has 27 heavy (non-hydrogen) atoms. The quantitative estimate of drug-likeness (QED) is 0.813. The summed E-state index contributed by atoms with van der Waals surface area (Å²) in [6.07, 6.45) is 11.0. The van der Waals surface area contributed by atoms with Crippen molar-refractivity contribution in [2.24, 2.45) is 17.8 Å². The van der Waals surface area contributed by atoms with Crippen LogP contribution in [0.2, 0.25) is 0 Å². The second-order valence-electron chi connectivity index (χ2n) is 9.10. The first-order chi connectivity index (χ1) is 13.2. The third-order valence-electron chi connectivity index (χ3n) is 7.28.